The molecule has 1 saturated heterocycles. The number of amides is 1. The van der Waals surface area contributed by atoms with Gasteiger partial charge in [0.1, 0.15) is 16.7 Å². The summed E-state index contributed by atoms with van der Waals surface area (Å²) in [5, 5.41) is 0. The molecule has 0 N–H and O–H groups in total. The highest BCUT2D eigenvalue weighted by Gasteiger charge is 2.40. The molecule has 2 aromatic heterocycles. The van der Waals surface area contributed by atoms with Crippen LogP contribution in [0.3, 0.4) is 0 Å². The van der Waals surface area contributed by atoms with Crippen molar-refractivity contribution >= 4 is 17.1 Å². The number of rotatable bonds is 2. The third-order valence-corrected chi connectivity index (χ3v) is 4.78. The molecule has 0 aliphatic carbocycles. The highest BCUT2D eigenvalue weighted by Crippen LogP contribution is 2.39. The van der Waals surface area contributed by atoms with Crippen LogP contribution in [0.2, 0.25) is 0 Å². The Morgan fingerprint density at radius 1 is 1.33 bits per heavy atom. The van der Waals surface area contributed by atoms with E-state index in [9.17, 15) is 18.0 Å². The smallest absolute Gasteiger partial charge is 0.420 e. The van der Waals surface area contributed by atoms with Crippen molar-refractivity contribution in [3.8, 4) is 0 Å². The van der Waals surface area contributed by atoms with Crippen molar-refractivity contribution in [2.45, 2.75) is 45.4 Å². The van der Waals surface area contributed by atoms with E-state index in [-0.39, 0.29) is 23.5 Å². The van der Waals surface area contributed by atoms with Gasteiger partial charge in [0.15, 0.2) is 0 Å². The van der Waals surface area contributed by atoms with Crippen LogP contribution in [-0.2, 0) is 24.4 Å². The lowest BCUT2D eigenvalue weighted by molar-refractivity contribution is -0.137. The zero-order valence-corrected chi connectivity index (χ0v) is 15.9. The molecule has 1 atom stereocenters. The minimum atomic E-state index is -4.48. The molecule has 0 bridgehead atoms. The molecule has 1 aliphatic heterocycles. The standard InChI is InChI=1S/C19H24F3N3O2/c1-18(2,3)27-17(26)25-9-7-12(11-25)10-14-15(19(20,21)22)16-13(24(14)4)6-5-8-23-16/h5-6,8,12H,7,9-11H2,1-4H3. The minimum absolute atomic E-state index is 0.0236. The second kappa shape index (κ2) is 6.73. The first-order valence-corrected chi connectivity index (χ1v) is 8.95. The number of halogens is 3. The Labute approximate surface area is 156 Å². The van der Waals surface area contributed by atoms with Gasteiger partial charge in [-0.05, 0) is 51.7 Å². The van der Waals surface area contributed by atoms with Crippen molar-refractivity contribution in [3.05, 3.63) is 29.6 Å². The molecule has 1 unspecified atom stereocenters. The van der Waals surface area contributed by atoms with Crippen molar-refractivity contribution in [2.75, 3.05) is 13.1 Å². The van der Waals surface area contributed by atoms with Crippen LogP contribution in [0, 0.1) is 5.92 Å². The maximum absolute atomic E-state index is 13.7. The molecule has 0 radical (unpaired) electrons. The zero-order valence-electron chi connectivity index (χ0n) is 15.9. The zero-order chi connectivity index (χ0) is 20.0. The molecular formula is C19H24F3N3O2. The average molecular weight is 383 g/mol. The summed E-state index contributed by atoms with van der Waals surface area (Å²) in [7, 11) is 1.63. The number of carbonyl (C=O) groups is 1. The third kappa shape index (κ3) is 4.04. The predicted molar refractivity (Wildman–Crippen MR) is 95.3 cm³/mol. The van der Waals surface area contributed by atoms with E-state index in [1.54, 1.807) is 49.4 Å². The molecule has 5 nitrogen and oxygen atoms in total. The number of pyridine rings is 1. The number of aromatic nitrogens is 2. The Hall–Kier alpha value is -2.25. The Kier molecular flexibility index (Phi) is 4.86. The molecule has 27 heavy (non-hydrogen) atoms. The van der Waals surface area contributed by atoms with Gasteiger partial charge in [-0.2, -0.15) is 13.2 Å². The second-order valence-electron chi connectivity index (χ2n) is 8.03. The molecule has 0 saturated carbocycles. The molecule has 1 aliphatic rings. The summed E-state index contributed by atoms with van der Waals surface area (Å²) in [6.45, 7) is 6.24. The number of likely N-dealkylation sites (tertiary alicyclic amines) is 1. The van der Waals surface area contributed by atoms with E-state index < -0.39 is 23.4 Å². The molecule has 1 amide bonds. The number of alkyl halides is 3. The summed E-state index contributed by atoms with van der Waals surface area (Å²) in [6.07, 6.45) is -2.64. The van der Waals surface area contributed by atoms with Crippen molar-refractivity contribution in [3.63, 3.8) is 0 Å². The van der Waals surface area contributed by atoms with E-state index in [1.807, 2.05) is 0 Å². The maximum Gasteiger partial charge on any atom is 0.420 e. The minimum Gasteiger partial charge on any atom is -0.444 e. The van der Waals surface area contributed by atoms with Crippen LogP contribution in [-0.4, -0.2) is 39.2 Å². The van der Waals surface area contributed by atoms with Crippen LogP contribution in [0.1, 0.15) is 38.4 Å². The molecular weight excluding hydrogens is 359 g/mol. The number of aryl methyl sites for hydroxylation is 1. The number of ether oxygens (including phenoxy) is 1. The normalized spacial score (nSPS) is 18.3. The summed E-state index contributed by atoms with van der Waals surface area (Å²) < 4.78 is 48.1. The van der Waals surface area contributed by atoms with Gasteiger partial charge >= 0.3 is 12.3 Å². The van der Waals surface area contributed by atoms with Gasteiger partial charge in [-0.1, -0.05) is 0 Å². The predicted octanol–water partition coefficient (Wildman–Crippen LogP) is 4.39. The van der Waals surface area contributed by atoms with E-state index in [0.717, 1.165) is 0 Å². The van der Waals surface area contributed by atoms with Crippen molar-refractivity contribution in [1.82, 2.24) is 14.5 Å². The summed E-state index contributed by atoms with van der Waals surface area (Å²) in [5.74, 6) is -0.0540. The highest BCUT2D eigenvalue weighted by molar-refractivity contribution is 5.82. The van der Waals surface area contributed by atoms with Gasteiger partial charge in [0, 0.05) is 32.0 Å². The average Bonchev–Trinajstić information content (AvgIpc) is 3.10. The Bertz CT molecular complexity index is 852. The summed E-state index contributed by atoms with van der Waals surface area (Å²) in [5.41, 5.74) is -0.616. The fourth-order valence-electron chi connectivity index (χ4n) is 3.61. The Morgan fingerprint density at radius 2 is 2.04 bits per heavy atom. The third-order valence-electron chi connectivity index (χ3n) is 4.78. The Morgan fingerprint density at radius 3 is 2.67 bits per heavy atom. The van der Waals surface area contributed by atoms with Crippen LogP contribution in [0.25, 0.3) is 11.0 Å². The summed E-state index contributed by atoms with van der Waals surface area (Å²) in [6, 6.07) is 3.27. The molecule has 3 heterocycles. The fourth-order valence-corrected chi connectivity index (χ4v) is 3.61. The molecule has 0 spiro atoms. The van der Waals surface area contributed by atoms with Crippen LogP contribution < -0.4 is 0 Å². The molecule has 148 valence electrons. The number of nitrogens with zero attached hydrogens (tertiary/aromatic N) is 3. The lowest BCUT2D eigenvalue weighted by Crippen LogP contribution is -2.35. The van der Waals surface area contributed by atoms with Crippen LogP contribution in [0.4, 0.5) is 18.0 Å². The van der Waals surface area contributed by atoms with E-state index in [4.69, 9.17) is 4.74 Å². The number of hydrogen-bond acceptors (Lipinski definition) is 3. The van der Waals surface area contributed by atoms with Crippen LogP contribution in [0.15, 0.2) is 18.3 Å². The molecule has 2 aromatic rings. The van der Waals surface area contributed by atoms with Gasteiger partial charge in [0.05, 0.1) is 5.52 Å². The monoisotopic (exact) mass is 383 g/mol. The molecule has 1 fully saturated rings. The van der Waals surface area contributed by atoms with Gasteiger partial charge in [-0.3, -0.25) is 4.98 Å². The first-order chi connectivity index (χ1) is 12.5. The van der Waals surface area contributed by atoms with Gasteiger partial charge in [0.2, 0.25) is 0 Å². The summed E-state index contributed by atoms with van der Waals surface area (Å²) >= 11 is 0. The molecule has 3 rings (SSSR count). The fraction of sp³-hybridized carbons (Fsp3) is 0.579. The van der Waals surface area contributed by atoms with Gasteiger partial charge in [0.25, 0.3) is 0 Å². The van der Waals surface area contributed by atoms with Gasteiger partial charge in [-0.25, -0.2) is 4.79 Å². The van der Waals surface area contributed by atoms with E-state index in [0.29, 0.717) is 25.0 Å². The van der Waals surface area contributed by atoms with Gasteiger partial charge in [-0.15, -0.1) is 0 Å². The highest BCUT2D eigenvalue weighted by atomic mass is 19.4. The molecule has 8 heteroatoms. The first kappa shape index (κ1) is 19.5. The number of fused-ring (bicyclic) bond motifs is 1. The van der Waals surface area contributed by atoms with Crippen molar-refractivity contribution in [2.24, 2.45) is 13.0 Å². The van der Waals surface area contributed by atoms with Crippen LogP contribution in [0.5, 0.6) is 0 Å². The largest absolute Gasteiger partial charge is 0.444 e. The lowest BCUT2D eigenvalue weighted by Gasteiger charge is -2.24. The maximum atomic E-state index is 13.7. The number of hydrogen-bond donors (Lipinski definition) is 0. The van der Waals surface area contributed by atoms with E-state index >= 15 is 0 Å². The second-order valence-corrected chi connectivity index (χ2v) is 8.03. The van der Waals surface area contributed by atoms with E-state index in [1.165, 1.54) is 6.20 Å². The number of carbonyl (C=O) groups excluding carboxylic acids is 1. The van der Waals surface area contributed by atoms with Gasteiger partial charge < -0.3 is 14.2 Å². The lowest BCUT2D eigenvalue weighted by atomic mass is 10.00. The first-order valence-electron chi connectivity index (χ1n) is 8.95. The Balaban J connectivity index is 1.84. The van der Waals surface area contributed by atoms with Crippen molar-refractivity contribution < 1.29 is 22.7 Å². The summed E-state index contributed by atoms with van der Waals surface area (Å²) in [4.78, 5) is 17.7. The topological polar surface area (TPSA) is 47.4 Å². The van der Waals surface area contributed by atoms with E-state index in [2.05, 4.69) is 4.98 Å². The quantitative estimate of drug-likeness (QED) is 0.773. The SMILES string of the molecule is Cn1c(CC2CCN(C(=O)OC(C)(C)C)C2)c(C(F)(F)F)c2ncccc21. The molecule has 0 aromatic carbocycles. The van der Waals surface area contributed by atoms with Crippen LogP contribution >= 0.6 is 0 Å². The van der Waals surface area contributed by atoms with Crippen molar-refractivity contribution in [1.29, 1.82) is 0 Å².